The molecule has 0 aliphatic heterocycles. The van der Waals surface area contributed by atoms with Crippen molar-refractivity contribution in [1.29, 1.82) is 0 Å². The van der Waals surface area contributed by atoms with Crippen molar-refractivity contribution in [2.24, 2.45) is 0 Å². The molecule has 0 atom stereocenters. The number of carbonyl (C=O) groups is 1. The van der Waals surface area contributed by atoms with E-state index in [2.05, 4.69) is 10.0 Å². The van der Waals surface area contributed by atoms with E-state index in [-0.39, 0.29) is 23.0 Å². The molecule has 118 valence electrons. The van der Waals surface area contributed by atoms with Crippen molar-refractivity contribution in [1.82, 2.24) is 4.72 Å². The number of rotatable bonds is 6. The highest BCUT2D eigenvalue weighted by Crippen LogP contribution is 2.14. The van der Waals surface area contributed by atoms with Crippen molar-refractivity contribution in [3.05, 3.63) is 24.3 Å². The van der Waals surface area contributed by atoms with Gasteiger partial charge in [0.2, 0.25) is 15.9 Å². The van der Waals surface area contributed by atoms with Gasteiger partial charge in [-0.25, -0.2) is 13.1 Å². The highest BCUT2D eigenvalue weighted by Gasteiger charge is 2.14. The number of hydrogen-bond donors (Lipinski definition) is 2. The van der Waals surface area contributed by atoms with E-state index in [0.29, 0.717) is 12.2 Å². The van der Waals surface area contributed by atoms with Crippen LogP contribution in [0.15, 0.2) is 29.2 Å². The summed E-state index contributed by atoms with van der Waals surface area (Å²) in [7, 11) is -3.47. The number of amides is 1. The molecule has 1 rings (SSSR count). The minimum atomic E-state index is -3.47. The Balaban J connectivity index is 2.65. The normalized spacial score (nSPS) is 12.2. The number of anilines is 1. The van der Waals surface area contributed by atoms with Gasteiger partial charge in [0.1, 0.15) is 6.61 Å². The van der Waals surface area contributed by atoms with E-state index in [0.717, 1.165) is 0 Å². The fourth-order valence-corrected chi connectivity index (χ4v) is 2.51. The summed E-state index contributed by atoms with van der Waals surface area (Å²) in [4.78, 5) is 11.8. The molecular weight excluding hydrogens is 292 g/mol. The maximum Gasteiger partial charge on any atom is 0.250 e. The number of hydrogen-bond acceptors (Lipinski definition) is 4. The zero-order valence-corrected chi connectivity index (χ0v) is 13.6. The molecule has 1 amide bonds. The SMILES string of the molecule is CCNS(=O)(=O)c1ccc(NC(=O)COC(C)(C)C)cc1. The Kier molecular flexibility index (Phi) is 5.88. The van der Waals surface area contributed by atoms with E-state index in [1.165, 1.54) is 12.1 Å². The monoisotopic (exact) mass is 314 g/mol. The smallest absolute Gasteiger partial charge is 0.250 e. The summed E-state index contributed by atoms with van der Waals surface area (Å²) in [5.41, 5.74) is 0.133. The lowest BCUT2D eigenvalue weighted by Crippen LogP contribution is -2.27. The van der Waals surface area contributed by atoms with Gasteiger partial charge in [-0.2, -0.15) is 0 Å². The number of ether oxygens (including phenoxy) is 1. The first-order valence-electron chi connectivity index (χ1n) is 6.67. The summed E-state index contributed by atoms with van der Waals surface area (Å²) in [5.74, 6) is -0.285. The fraction of sp³-hybridized carbons (Fsp3) is 0.500. The lowest BCUT2D eigenvalue weighted by Gasteiger charge is -2.19. The first kappa shape index (κ1) is 17.6. The van der Waals surface area contributed by atoms with Crippen LogP contribution < -0.4 is 10.0 Å². The zero-order chi connectivity index (χ0) is 16.1. The summed E-state index contributed by atoms with van der Waals surface area (Å²) in [5, 5.41) is 2.65. The van der Waals surface area contributed by atoms with Crippen LogP contribution in [0.1, 0.15) is 27.7 Å². The van der Waals surface area contributed by atoms with Crippen LogP contribution in [0.3, 0.4) is 0 Å². The fourth-order valence-electron chi connectivity index (χ4n) is 1.47. The van der Waals surface area contributed by atoms with Crippen molar-refractivity contribution in [2.45, 2.75) is 38.2 Å². The molecule has 0 heterocycles. The Labute approximate surface area is 125 Å². The summed E-state index contributed by atoms with van der Waals surface area (Å²) in [6.45, 7) is 7.56. The van der Waals surface area contributed by atoms with E-state index in [1.807, 2.05) is 20.8 Å². The van der Waals surface area contributed by atoms with Crippen molar-refractivity contribution in [2.75, 3.05) is 18.5 Å². The number of sulfonamides is 1. The first-order valence-corrected chi connectivity index (χ1v) is 8.16. The van der Waals surface area contributed by atoms with Gasteiger partial charge in [-0.1, -0.05) is 6.92 Å². The van der Waals surface area contributed by atoms with Gasteiger partial charge >= 0.3 is 0 Å². The predicted molar refractivity (Wildman–Crippen MR) is 81.6 cm³/mol. The van der Waals surface area contributed by atoms with Gasteiger partial charge in [-0.3, -0.25) is 4.79 Å². The van der Waals surface area contributed by atoms with E-state index >= 15 is 0 Å². The third-order valence-electron chi connectivity index (χ3n) is 2.42. The molecule has 0 spiro atoms. The molecule has 0 bridgehead atoms. The predicted octanol–water partition coefficient (Wildman–Crippen LogP) is 1.74. The van der Waals surface area contributed by atoms with Gasteiger partial charge in [0.05, 0.1) is 10.5 Å². The van der Waals surface area contributed by atoms with Gasteiger partial charge < -0.3 is 10.1 Å². The third kappa shape index (κ3) is 6.24. The molecule has 0 saturated heterocycles. The minimum absolute atomic E-state index is 0.0546. The second-order valence-corrected chi connectivity index (χ2v) is 7.24. The molecule has 0 aromatic heterocycles. The van der Waals surface area contributed by atoms with Crippen molar-refractivity contribution >= 4 is 21.6 Å². The van der Waals surface area contributed by atoms with Crippen molar-refractivity contribution < 1.29 is 17.9 Å². The van der Waals surface area contributed by atoms with Crippen LogP contribution in [-0.4, -0.2) is 33.1 Å². The Hall–Kier alpha value is -1.44. The van der Waals surface area contributed by atoms with Crippen LogP contribution in [0.2, 0.25) is 0 Å². The third-order valence-corrected chi connectivity index (χ3v) is 3.98. The minimum Gasteiger partial charge on any atom is -0.366 e. The molecular formula is C14H22N2O4S. The van der Waals surface area contributed by atoms with Gasteiger partial charge in [-0.15, -0.1) is 0 Å². The van der Waals surface area contributed by atoms with Gasteiger partial charge in [-0.05, 0) is 45.0 Å². The van der Waals surface area contributed by atoms with E-state index < -0.39 is 10.0 Å². The maximum atomic E-state index is 11.8. The summed E-state index contributed by atoms with van der Waals surface area (Å²) < 4.78 is 31.3. The van der Waals surface area contributed by atoms with Crippen LogP contribution in [0.4, 0.5) is 5.69 Å². The lowest BCUT2D eigenvalue weighted by molar-refractivity contribution is -0.125. The lowest BCUT2D eigenvalue weighted by atomic mass is 10.2. The Morgan fingerprint density at radius 3 is 2.24 bits per heavy atom. The molecule has 6 nitrogen and oxygen atoms in total. The van der Waals surface area contributed by atoms with Crippen LogP contribution >= 0.6 is 0 Å². The molecule has 0 unspecified atom stereocenters. The molecule has 0 saturated carbocycles. The average Bonchev–Trinajstić information content (AvgIpc) is 2.36. The molecule has 0 radical (unpaired) electrons. The van der Waals surface area contributed by atoms with Crippen LogP contribution in [0.25, 0.3) is 0 Å². The maximum absolute atomic E-state index is 11.8. The molecule has 0 fully saturated rings. The Morgan fingerprint density at radius 1 is 1.19 bits per heavy atom. The largest absolute Gasteiger partial charge is 0.366 e. The number of carbonyl (C=O) groups excluding carboxylic acids is 1. The second kappa shape index (κ2) is 7.02. The molecule has 0 aliphatic rings. The van der Waals surface area contributed by atoms with Gasteiger partial charge in [0.15, 0.2) is 0 Å². The van der Waals surface area contributed by atoms with E-state index in [9.17, 15) is 13.2 Å². The van der Waals surface area contributed by atoms with Gasteiger partial charge in [0.25, 0.3) is 0 Å². The van der Waals surface area contributed by atoms with Crippen LogP contribution in [-0.2, 0) is 19.6 Å². The molecule has 0 aliphatic carbocycles. The highest BCUT2D eigenvalue weighted by molar-refractivity contribution is 7.89. The van der Waals surface area contributed by atoms with E-state index in [1.54, 1.807) is 19.1 Å². The van der Waals surface area contributed by atoms with Crippen molar-refractivity contribution in [3.8, 4) is 0 Å². The average molecular weight is 314 g/mol. The van der Waals surface area contributed by atoms with Crippen LogP contribution in [0.5, 0.6) is 0 Å². The first-order chi connectivity index (χ1) is 9.64. The molecule has 21 heavy (non-hydrogen) atoms. The molecule has 1 aromatic rings. The standard InChI is InChI=1S/C14H22N2O4S/c1-5-15-21(18,19)12-8-6-11(7-9-12)16-13(17)10-20-14(2,3)4/h6-9,15H,5,10H2,1-4H3,(H,16,17). The molecule has 2 N–H and O–H groups in total. The molecule has 7 heteroatoms. The number of benzene rings is 1. The topological polar surface area (TPSA) is 84.5 Å². The Morgan fingerprint density at radius 2 is 1.76 bits per heavy atom. The summed E-state index contributed by atoms with van der Waals surface area (Å²) in [6, 6.07) is 5.97. The van der Waals surface area contributed by atoms with Crippen molar-refractivity contribution in [3.63, 3.8) is 0 Å². The highest BCUT2D eigenvalue weighted by atomic mass is 32.2. The second-order valence-electron chi connectivity index (χ2n) is 5.47. The van der Waals surface area contributed by atoms with E-state index in [4.69, 9.17) is 4.74 Å². The van der Waals surface area contributed by atoms with Gasteiger partial charge in [0, 0.05) is 12.2 Å². The molecule has 1 aromatic carbocycles. The Bertz CT molecular complexity index is 574. The summed E-state index contributed by atoms with van der Waals surface area (Å²) >= 11 is 0. The number of nitrogens with one attached hydrogen (secondary N) is 2. The summed E-state index contributed by atoms with van der Waals surface area (Å²) in [6.07, 6.45) is 0. The van der Waals surface area contributed by atoms with Crippen LogP contribution in [0, 0.1) is 0 Å². The zero-order valence-electron chi connectivity index (χ0n) is 12.8. The quantitative estimate of drug-likeness (QED) is 0.837.